The summed E-state index contributed by atoms with van der Waals surface area (Å²) in [6, 6.07) is 7.83. The lowest BCUT2D eigenvalue weighted by atomic mass is 10.1. The van der Waals surface area contributed by atoms with Gasteiger partial charge >= 0.3 is 0 Å². The van der Waals surface area contributed by atoms with Gasteiger partial charge in [0.2, 0.25) is 0 Å². The normalized spacial score (nSPS) is 10.8. The van der Waals surface area contributed by atoms with Crippen molar-refractivity contribution in [3.63, 3.8) is 0 Å². The lowest BCUT2D eigenvalue weighted by Crippen LogP contribution is -1.81. The molecule has 1 N–H and O–H groups in total. The lowest BCUT2D eigenvalue weighted by molar-refractivity contribution is 0.282. The Labute approximate surface area is 80.9 Å². The predicted molar refractivity (Wildman–Crippen MR) is 55.2 cm³/mol. The summed E-state index contributed by atoms with van der Waals surface area (Å²) in [4.78, 5) is 0. The monoisotopic (exact) mass is 226 g/mol. The van der Waals surface area contributed by atoms with E-state index in [4.69, 9.17) is 5.11 Å². The van der Waals surface area contributed by atoms with Crippen molar-refractivity contribution in [3.8, 4) is 0 Å². The molecule has 2 heteroatoms. The summed E-state index contributed by atoms with van der Waals surface area (Å²) in [5.41, 5.74) is 2.11. The summed E-state index contributed by atoms with van der Waals surface area (Å²) in [6.07, 6.45) is 4.07. The Balaban J connectivity index is 2.71. The van der Waals surface area contributed by atoms with Gasteiger partial charge in [-0.2, -0.15) is 0 Å². The first-order chi connectivity index (χ1) is 5.86. The highest BCUT2D eigenvalue weighted by molar-refractivity contribution is 9.09. The zero-order chi connectivity index (χ0) is 8.81. The molecule has 0 aliphatic rings. The zero-order valence-electron chi connectivity index (χ0n) is 6.70. The summed E-state index contributed by atoms with van der Waals surface area (Å²) < 4.78 is 0. The van der Waals surface area contributed by atoms with E-state index in [2.05, 4.69) is 15.9 Å². The Bertz CT molecular complexity index is 251. The van der Waals surface area contributed by atoms with Crippen LogP contribution in [0.1, 0.15) is 11.1 Å². The molecule has 0 heterocycles. The Morgan fingerprint density at radius 2 is 1.92 bits per heavy atom. The van der Waals surface area contributed by atoms with Crippen LogP contribution in [0.5, 0.6) is 0 Å². The first-order valence-corrected chi connectivity index (χ1v) is 4.91. The fourth-order valence-electron chi connectivity index (χ4n) is 0.915. The van der Waals surface area contributed by atoms with Gasteiger partial charge in [0.1, 0.15) is 0 Å². The fraction of sp³-hybridized carbons (Fsp3) is 0.200. The Morgan fingerprint density at radius 3 is 2.42 bits per heavy atom. The second-order valence-corrected chi connectivity index (χ2v) is 3.10. The summed E-state index contributed by atoms with van der Waals surface area (Å²) in [5, 5.41) is 9.65. The number of hydrogen-bond donors (Lipinski definition) is 1. The molecule has 0 aromatic heterocycles. The van der Waals surface area contributed by atoms with Crippen molar-refractivity contribution in [2.45, 2.75) is 6.61 Å². The smallest absolute Gasteiger partial charge is 0.0681 e. The molecule has 0 amide bonds. The molecule has 12 heavy (non-hydrogen) atoms. The van der Waals surface area contributed by atoms with Crippen LogP contribution in [0.4, 0.5) is 0 Å². The van der Waals surface area contributed by atoms with Crippen LogP contribution in [0.3, 0.4) is 0 Å². The van der Waals surface area contributed by atoms with Crippen molar-refractivity contribution < 1.29 is 5.11 Å². The molecule has 0 bridgehead atoms. The predicted octanol–water partition coefficient (Wildman–Crippen LogP) is 2.59. The van der Waals surface area contributed by atoms with E-state index in [1.807, 2.05) is 36.4 Å². The third kappa shape index (κ3) is 2.80. The lowest BCUT2D eigenvalue weighted by Gasteiger charge is -1.95. The van der Waals surface area contributed by atoms with Crippen molar-refractivity contribution in [1.82, 2.24) is 0 Å². The molecule has 1 rings (SSSR count). The summed E-state index contributed by atoms with van der Waals surface area (Å²) >= 11 is 3.31. The molecule has 0 spiro atoms. The minimum absolute atomic E-state index is 0.114. The quantitative estimate of drug-likeness (QED) is 0.787. The molecule has 0 aliphatic carbocycles. The van der Waals surface area contributed by atoms with E-state index in [0.29, 0.717) is 0 Å². The average molecular weight is 227 g/mol. The highest BCUT2D eigenvalue weighted by Gasteiger charge is 1.88. The van der Waals surface area contributed by atoms with E-state index in [-0.39, 0.29) is 6.61 Å². The van der Waals surface area contributed by atoms with E-state index >= 15 is 0 Å². The van der Waals surface area contributed by atoms with Crippen LogP contribution in [-0.2, 0) is 6.61 Å². The minimum Gasteiger partial charge on any atom is -0.392 e. The van der Waals surface area contributed by atoms with Crippen LogP contribution in [0.25, 0.3) is 6.08 Å². The number of allylic oxidation sites excluding steroid dienone is 1. The number of alkyl halides is 1. The van der Waals surface area contributed by atoms with Crippen LogP contribution in [0.15, 0.2) is 30.3 Å². The third-order valence-corrected chi connectivity index (χ3v) is 1.94. The van der Waals surface area contributed by atoms with Crippen LogP contribution in [-0.4, -0.2) is 10.4 Å². The maximum Gasteiger partial charge on any atom is 0.0681 e. The van der Waals surface area contributed by atoms with E-state index in [0.717, 1.165) is 16.5 Å². The number of rotatable bonds is 3. The van der Waals surface area contributed by atoms with Gasteiger partial charge in [0.25, 0.3) is 0 Å². The Morgan fingerprint density at radius 1 is 1.25 bits per heavy atom. The molecule has 64 valence electrons. The second kappa shape index (κ2) is 5.12. The Hall–Kier alpha value is -0.600. The summed E-state index contributed by atoms with van der Waals surface area (Å²) in [6.45, 7) is 0.114. The number of hydrogen-bond acceptors (Lipinski definition) is 1. The minimum atomic E-state index is 0.114. The van der Waals surface area contributed by atoms with E-state index < -0.39 is 0 Å². The van der Waals surface area contributed by atoms with Gasteiger partial charge in [0, 0.05) is 5.33 Å². The molecule has 0 fully saturated rings. The van der Waals surface area contributed by atoms with Crippen LogP contribution >= 0.6 is 15.9 Å². The van der Waals surface area contributed by atoms with Crippen LogP contribution in [0.2, 0.25) is 0 Å². The molecule has 0 unspecified atom stereocenters. The largest absolute Gasteiger partial charge is 0.392 e. The molecule has 0 aliphatic heterocycles. The highest BCUT2D eigenvalue weighted by atomic mass is 79.9. The molecule has 0 atom stereocenters. The van der Waals surface area contributed by atoms with Gasteiger partial charge in [-0.3, -0.25) is 0 Å². The van der Waals surface area contributed by atoms with Crippen molar-refractivity contribution >= 4 is 22.0 Å². The van der Waals surface area contributed by atoms with Gasteiger partial charge in [0.15, 0.2) is 0 Å². The molecule has 0 radical (unpaired) electrons. The van der Waals surface area contributed by atoms with Crippen LogP contribution < -0.4 is 0 Å². The third-order valence-electron chi connectivity index (χ3n) is 1.56. The van der Waals surface area contributed by atoms with Crippen molar-refractivity contribution in [3.05, 3.63) is 41.5 Å². The topological polar surface area (TPSA) is 20.2 Å². The van der Waals surface area contributed by atoms with Gasteiger partial charge in [-0.05, 0) is 11.1 Å². The first-order valence-electron chi connectivity index (χ1n) is 3.79. The maximum absolute atomic E-state index is 8.78. The van der Waals surface area contributed by atoms with Gasteiger partial charge in [-0.1, -0.05) is 52.3 Å². The number of benzene rings is 1. The van der Waals surface area contributed by atoms with Crippen LogP contribution in [0, 0.1) is 0 Å². The number of aliphatic hydroxyl groups is 1. The van der Waals surface area contributed by atoms with Crippen molar-refractivity contribution in [2.75, 3.05) is 5.33 Å². The molecule has 1 aromatic rings. The van der Waals surface area contributed by atoms with Gasteiger partial charge in [0.05, 0.1) is 6.61 Å². The molecular weight excluding hydrogens is 216 g/mol. The zero-order valence-corrected chi connectivity index (χ0v) is 8.29. The van der Waals surface area contributed by atoms with Gasteiger partial charge in [-0.25, -0.2) is 0 Å². The van der Waals surface area contributed by atoms with E-state index in [1.165, 1.54) is 0 Å². The van der Waals surface area contributed by atoms with Crippen molar-refractivity contribution in [1.29, 1.82) is 0 Å². The molecule has 0 saturated carbocycles. The first kappa shape index (κ1) is 9.49. The highest BCUT2D eigenvalue weighted by Crippen LogP contribution is 2.06. The standard InChI is InChI=1S/C10H11BrO/c11-7-1-2-9-3-5-10(8-12)6-4-9/h1-6,12H,7-8H2. The van der Waals surface area contributed by atoms with Gasteiger partial charge < -0.3 is 5.11 Å². The van der Waals surface area contributed by atoms with Gasteiger partial charge in [-0.15, -0.1) is 0 Å². The molecule has 1 aromatic carbocycles. The maximum atomic E-state index is 8.78. The van der Waals surface area contributed by atoms with E-state index in [9.17, 15) is 0 Å². The number of aliphatic hydroxyl groups excluding tert-OH is 1. The Kier molecular flexibility index (Phi) is 4.05. The summed E-state index contributed by atoms with van der Waals surface area (Å²) in [5.74, 6) is 0. The SMILES string of the molecule is OCc1ccc(C=CCBr)cc1. The second-order valence-electron chi connectivity index (χ2n) is 2.46. The summed E-state index contributed by atoms with van der Waals surface area (Å²) in [7, 11) is 0. The van der Waals surface area contributed by atoms with Crippen molar-refractivity contribution in [2.24, 2.45) is 0 Å². The average Bonchev–Trinajstić information content (AvgIpc) is 2.15. The molecule has 1 nitrogen and oxygen atoms in total. The fourth-order valence-corrected chi connectivity index (χ4v) is 1.10. The molecule has 0 saturated heterocycles. The number of halogens is 1. The van der Waals surface area contributed by atoms with E-state index in [1.54, 1.807) is 0 Å². The molecular formula is C10H11BrO.